The maximum atomic E-state index is 13.1. The second-order valence-electron chi connectivity index (χ2n) is 10.5. The summed E-state index contributed by atoms with van der Waals surface area (Å²) in [6.07, 6.45) is 5.10. The van der Waals surface area contributed by atoms with E-state index < -0.39 is 10.1 Å². The topological polar surface area (TPSA) is 95.9 Å². The minimum atomic E-state index is -4.02. The molecule has 2 aliphatic rings. The third kappa shape index (κ3) is 8.87. The molecule has 2 atom stereocenters. The maximum Gasteiger partial charge on any atom is 0.410 e. The predicted octanol–water partition coefficient (Wildman–Crippen LogP) is 5.78. The minimum absolute atomic E-state index is 0.0666. The van der Waals surface area contributed by atoms with Crippen LogP contribution in [-0.2, 0) is 27.9 Å². The molecule has 3 aromatic rings. The van der Waals surface area contributed by atoms with E-state index in [-0.39, 0.29) is 16.8 Å². The molecule has 40 heavy (non-hydrogen) atoms. The van der Waals surface area contributed by atoms with Gasteiger partial charge in [0.15, 0.2) is 0 Å². The van der Waals surface area contributed by atoms with Crippen molar-refractivity contribution >= 4 is 16.2 Å². The molecule has 214 valence electrons. The van der Waals surface area contributed by atoms with Crippen LogP contribution < -0.4 is 5.32 Å². The van der Waals surface area contributed by atoms with E-state index in [1.165, 1.54) is 36.2 Å². The lowest BCUT2D eigenvalue weighted by molar-refractivity contribution is 0.0787. The lowest BCUT2D eigenvalue weighted by Crippen LogP contribution is -2.44. The number of likely N-dealkylation sites (tertiary alicyclic amines) is 1. The number of carbonyl (C=O) groups is 1. The number of rotatable bonds is 6. The van der Waals surface area contributed by atoms with Gasteiger partial charge in [0.25, 0.3) is 10.1 Å². The quantitative estimate of drug-likeness (QED) is 0.366. The third-order valence-corrected chi connectivity index (χ3v) is 8.43. The largest absolute Gasteiger partial charge is 0.445 e. The monoisotopic (exact) mass is 568 g/mol. The Hall–Kier alpha value is -3.27. The average molecular weight is 569 g/mol. The molecule has 0 aliphatic carbocycles. The number of hydrogen-bond acceptors (Lipinski definition) is 5. The number of amides is 1. The summed E-state index contributed by atoms with van der Waals surface area (Å²) in [5, 5.41) is 3.79. The van der Waals surface area contributed by atoms with Crippen LogP contribution in [0.1, 0.15) is 42.4 Å². The second kappa shape index (κ2) is 13.9. The predicted molar refractivity (Wildman–Crippen MR) is 152 cm³/mol. The summed E-state index contributed by atoms with van der Waals surface area (Å²) in [4.78, 5) is 14.1. The zero-order valence-corrected chi connectivity index (χ0v) is 23.5. The Morgan fingerprint density at radius 2 is 1.57 bits per heavy atom. The summed E-state index contributed by atoms with van der Waals surface area (Å²) in [5.41, 5.74) is 3.15. The van der Waals surface area contributed by atoms with Crippen molar-refractivity contribution in [3.8, 4) is 0 Å². The summed E-state index contributed by atoms with van der Waals surface area (Å²) >= 11 is 0. The zero-order chi connectivity index (χ0) is 28.5. The first-order chi connectivity index (χ1) is 19.2. The van der Waals surface area contributed by atoms with Crippen molar-refractivity contribution in [3.63, 3.8) is 0 Å². The third-order valence-electron chi connectivity index (χ3n) is 7.56. The molecule has 0 radical (unpaired) electrons. The maximum absolute atomic E-state index is 13.1. The van der Waals surface area contributed by atoms with Crippen molar-refractivity contribution in [2.45, 2.75) is 62.6 Å². The average Bonchev–Trinajstić information content (AvgIpc) is 3.42. The van der Waals surface area contributed by atoms with Gasteiger partial charge in [-0.1, -0.05) is 60.2 Å². The Labute approximate surface area is 236 Å². The Balaban J connectivity index is 0.000000283. The van der Waals surface area contributed by atoms with E-state index in [0.29, 0.717) is 24.6 Å². The standard InChI is InChI=1S/C24H29FN2O2.C7H8O3S/c25-21-8-6-18(7-9-21)16-22-10-11-23(26-22)20-12-14-27(15-13-20)24(28)29-17-19-4-2-1-3-5-19;1-6-2-4-7(5-3-6)11(8,9)10/h1-9,20,22-23,26H,10-17H2;2-5H,1H3,(H,8,9,10)/t22-,23+;/m1./s1. The van der Waals surface area contributed by atoms with Gasteiger partial charge < -0.3 is 15.0 Å². The fourth-order valence-electron chi connectivity index (χ4n) is 5.29. The van der Waals surface area contributed by atoms with Gasteiger partial charge >= 0.3 is 6.09 Å². The van der Waals surface area contributed by atoms with Gasteiger partial charge in [-0.15, -0.1) is 0 Å². The molecule has 3 aromatic carbocycles. The normalized spacial score (nSPS) is 19.5. The van der Waals surface area contributed by atoms with Crippen LogP contribution >= 0.6 is 0 Å². The van der Waals surface area contributed by atoms with E-state index in [1.54, 1.807) is 12.1 Å². The first-order valence-corrected chi connectivity index (χ1v) is 15.1. The van der Waals surface area contributed by atoms with Gasteiger partial charge in [0.2, 0.25) is 0 Å². The number of carbonyl (C=O) groups excluding carboxylic acids is 1. The molecule has 9 heteroatoms. The number of piperidine rings is 1. The molecular formula is C31H37FN2O5S. The van der Waals surface area contributed by atoms with E-state index >= 15 is 0 Å². The Kier molecular flexibility index (Phi) is 10.3. The van der Waals surface area contributed by atoms with Crippen molar-refractivity contribution in [2.24, 2.45) is 5.92 Å². The first kappa shape index (κ1) is 29.7. The number of aryl methyl sites for hydroxylation is 1. The van der Waals surface area contributed by atoms with Crippen LogP contribution in [0.4, 0.5) is 9.18 Å². The van der Waals surface area contributed by atoms with Crippen molar-refractivity contribution < 1.29 is 26.9 Å². The fourth-order valence-corrected chi connectivity index (χ4v) is 5.77. The van der Waals surface area contributed by atoms with E-state index in [9.17, 15) is 17.6 Å². The number of nitrogens with one attached hydrogen (secondary N) is 1. The Morgan fingerprint density at radius 3 is 2.20 bits per heavy atom. The lowest BCUT2D eigenvalue weighted by atomic mass is 9.89. The van der Waals surface area contributed by atoms with E-state index in [1.807, 2.05) is 54.3 Å². The number of benzene rings is 3. The molecular weight excluding hydrogens is 531 g/mol. The SMILES string of the molecule is Cc1ccc(S(=O)(=O)O)cc1.O=C(OCc1ccccc1)N1CCC([C@@H]2CC[C@H](Cc3ccc(F)cc3)N2)CC1. The molecule has 7 nitrogen and oxygen atoms in total. The van der Waals surface area contributed by atoms with Crippen LogP contribution in [0, 0.1) is 18.7 Å². The summed E-state index contributed by atoms with van der Waals surface area (Å²) < 4.78 is 48.1. The highest BCUT2D eigenvalue weighted by molar-refractivity contribution is 7.85. The molecule has 2 saturated heterocycles. The van der Waals surface area contributed by atoms with E-state index in [2.05, 4.69) is 5.32 Å². The molecule has 2 aliphatic heterocycles. The van der Waals surface area contributed by atoms with Crippen molar-refractivity contribution in [3.05, 3.63) is 101 Å². The van der Waals surface area contributed by atoms with Crippen LogP contribution in [-0.4, -0.2) is 49.1 Å². The highest BCUT2D eigenvalue weighted by Crippen LogP contribution is 2.29. The summed E-state index contributed by atoms with van der Waals surface area (Å²) in [6, 6.07) is 23.6. The van der Waals surface area contributed by atoms with Crippen LogP contribution in [0.3, 0.4) is 0 Å². The minimum Gasteiger partial charge on any atom is -0.445 e. The van der Waals surface area contributed by atoms with E-state index in [0.717, 1.165) is 49.9 Å². The van der Waals surface area contributed by atoms with Gasteiger partial charge in [0.05, 0.1) is 4.90 Å². The summed E-state index contributed by atoms with van der Waals surface area (Å²) in [6.45, 7) is 3.70. The number of halogens is 1. The molecule has 0 saturated carbocycles. The van der Waals surface area contributed by atoms with Gasteiger partial charge in [-0.05, 0) is 80.3 Å². The Morgan fingerprint density at radius 1 is 0.925 bits per heavy atom. The number of nitrogens with zero attached hydrogens (tertiary/aromatic N) is 1. The highest BCUT2D eigenvalue weighted by Gasteiger charge is 2.33. The van der Waals surface area contributed by atoms with Gasteiger partial charge in [-0.3, -0.25) is 4.55 Å². The summed E-state index contributed by atoms with van der Waals surface area (Å²) in [7, 11) is -4.02. The van der Waals surface area contributed by atoms with E-state index in [4.69, 9.17) is 9.29 Å². The van der Waals surface area contributed by atoms with Crippen LogP contribution in [0.15, 0.2) is 83.8 Å². The van der Waals surface area contributed by atoms with Gasteiger partial charge in [0, 0.05) is 25.2 Å². The molecule has 2 N–H and O–H groups in total. The van der Waals surface area contributed by atoms with Crippen molar-refractivity contribution in [1.29, 1.82) is 0 Å². The molecule has 5 rings (SSSR count). The molecule has 1 amide bonds. The Bertz CT molecular complexity index is 1330. The first-order valence-electron chi connectivity index (χ1n) is 13.7. The lowest BCUT2D eigenvalue weighted by Gasteiger charge is -2.34. The molecule has 0 spiro atoms. The van der Waals surface area contributed by atoms with Gasteiger partial charge in [-0.2, -0.15) is 8.42 Å². The zero-order valence-electron chi connectivity index (χ0n) is 22.7. The highest BCUT2D eigenvalue weighted by atomic mass is 32.2. The smallest absolute Gasteiger partial charge is 0.410 e. The van der Waals surface area contributed by atoms with Crippen molar-refractivity contribution in [2.75, 3.05) is 13.1 Å². The van der Waals surface area contributed by atoms with Crippen LogP contribution in [0.2, 0.25) is 0 Å². The fraction of sp³-hybridized carbons (Fsp3) is 0.387. The van der Waals surface area contributed by atoms with Gasteiger partial charge in [-0.25, -0.2) is 9.18 Å². The molecule has 2 fully saturated rings. The molecule has 0 bridgehead atoms. The molecule has 0 aromatic heterocycles. The van der Waals surface area contributed by atoms with Crippen LogP contribution in [0.25, 0.3) is 0 Å². The molecule has 0 unspecified atom stereocenters. The number of hydrogen-bond donors (Lipinski definition) is 2. The molecule has 2 heterocycles. The summed E-state index contributed by atoms with van der Waals surface area (Å²) in [5.74, 6) is 0.423. The second-order valence-corrected chi connectivity index (χ2v) is 12.0. The van der Waals surface area contributed by atoms with Crippen LogP contribution in [0.5, 0.6) is 0 Å². The van der Waals surface area contributed by atoms with Crippen molar-refractivity contribution in [1.82, 2.24) is 10.2 Å². The van der Waals surface area contributed by atoms with Gasteiger partial charge in [0.1, 0.15) is 12.4 Å². The number of ether oxygens (including phenoxy) is 1.